The molecule has 26 heavy (non-hydrogen) atoms. The summed E-state index contributed by atoms with van der Waals surface area (Å²) in [6.45, 7) is 10.1. The number of para-hydroxylation sites is 1. The number of aromatic nitrogens is 4. The van der Waals surface area contributed by atoms with Crippen LogP contribution in [0.3, 0.4) is 0 Å². The summed E-state index contributed by atoms with van der Waals surface area (Å²) in [5.74, 6) is -0.0678. The zero-order valence-electron chi connectivity index (χ0n) is 15.6. The molecule has 0 bridgehead atoms. The van der Waals surface area contributed by atoms with Gasteiger partial charge in [0.2, 0.25) is 0 Å². The van der Waals surface area contributed by atoms with E-state index in [0.29, 0.717) is 16.7 Å². The molecule has 3 aromatic rings. The Hall–Kier alpha value is -2.57. The third kappa shape index (κ3) is 3.52. The number of alkyl halides is 2. The van der Waals surface area contributed by atoms with Crippen LogP contribution in [0.1, 0.15) is 57.2 Å². The molecule has 0 spiro atoms. The molecule has 0 fully saturated rings. The van der Waals surface area contributed by atoms with Gasteiger partial charge in [-0.2, -0.15) is 5.10 Å². The summed E-state index contributed by atoms with van der Waals surface area (Å²) in [6, 6.07) is 7.00. The summed E-state index contributed by atoms with van der Waals surface area (Å²) in [4.78, 5) is 8.00. The van der Waals surface area contributed by atoms with Crippen molar-refractivity contribution in [2.24, 2.45) is 0 Å². The predicted molar refractivity (Wildman–Crippen MR) is 98.5 cm³/mol. The van der Waals surface area contributed by atoms with E-state index in [9.17, 15) is 8.78 Å². The van der Waals surface area contributed by atoms with Gasteiger partial charge in [0, 0.05) is 17.1 Å². The van der Waals surface area contributed by atoms with Gasteiger partial charge in [-0.05, 0) is 46.8 Å². The SMILES string of the molecule is Cc1nn(C(C)(C)C)cc1C(C)Nc1nc(C(F)F)nc2ccccc12. The van der Waals surface area contributed by atoms with Crippen LogP contribution in [-0.2, 0) is 5.54 Å². The molecule has 5 nitrogen and oxygen atoms in total. The average molecular weight is 359 g/mol. The summed E-state index contributed by atoms with van der Waals surface area (Å²) in [5.41, 5.74) is 2.26. The van der Waals surface area contributed by atoms with E-state index in [0.717, 1.165) is 11.3 Å². The lowest BCUT2D eigenvalue weighted by atomic mass is 10.1. The van der Waals surface area contributed by atoms with E-state index in [1.165, 1.54) is 0 Å². The number of halogens is 2. The van der Waals surface area contributed by atoms with Crippen LogP contribution in [0, 0.1) is 6.92 Å². The normalized spacial score (nSPS) is 13.4. The quantitative estimate of drug-likeness (QED) is 0.712. The summed E-state index contributed by atoms with van der Waals surface area (Å²) >= 11 is 0. The number of aryl methyl sites for hydroxylation is 1. The minimum atomic E-state index is -2.72. The van der Waals surface area contributed by atoms with E-state index in [1.807, 2.05) is 36.9 Å². The van der Waals surface area contributed by atoms with Crippen molar-refractivity contribution in [1.29, 1.82) is 0 Å². The molecule has 1 aromatic carbocycles. The third-order valence-corrected chi connectivity index (χ3v) is 4.26. The highest BCUT2D eigenvalue weighted by molar-refractivity contribution is 5.89. The summed E-state index contributed by atoms with van der Waals surface area (Å²) < 4.78 is 28.3. The molecule has 7 heteroatoms. The number of benzene rings is 1. The second-order valence-corrected chi connectivity index (χ2v) is 7.40. The Morgan fingerprint density at radius 3 is 2.42 bits per heavy atom. The molecule has 0 aliphatic carbocycles. The topological polar surface area (TPSA) is 55.6 Å². The molecule has 1 N–H and O–H groups in total. The van der Waals surface area contributed by atoms with Crippen LogP contribution in [0.15, 0.2) is 30.5 Å². The van der Waals surface area contributed by atoms with Crippen molar-refractivity contribution in [3.8, 4) is 0 Å². The van der Waals surface area contributed by atoms with Gasteiger partial charge >= 0.3 is 0 Å². The fraction of sp³-hybridized carbons (Fsp3) is 0.421. The summed E-state index contributed by atoms with van der Waals surface area (Å²) in [7, 11) is 0. The number of fused-ring (bicyclic) bond motifs is 1. The number of anilines is 1. The zero-order chi connectivity index (χ0) is 19.1. The lowest BCUT2D eigenvalue weighted by Gasteiger charge is -2.19. The Morgan fingerprint density at radius 1 is 1.12 bits per heavy atom. The van der Waals surface area contributed by atoms with Crippen LogP contribution in [0.4, 0.5) is 14.6 Å². The fourth-order valence-corrected chi connectivity index (χ4v) is 2.83. The minimum Gasteiger partial charge on any atom is -0.363 e. The molecule has 0 saturated heterocycles. The van der Waals surface area contributed by atoms with E-state index >= 15 is 0 Å². The van der Waals surface area contributed by atoms with Gasteiger partial charge in [-0.25, -0.2) is 18.7 Å². The van der Waals surface area contributed by atoms with Crippen LogP contribution in [-0.4, -0.2) is 19.7 Å². The van der Waals surface area contributed by atoms with Crippen molar-refractivity contribution in [2.75, 3.05) is 5.32 Å². The second kappa shape index (κ2) is 6.63. The maximum absolute atomic E-state index is 13.2. The monoisotopic (exact) mass is 359 g/mol. The molecular formula is C19H23F2N5. The van der Waals surface area contributed by atoms with Gasteiger partial charge in [-0.15, -0.1) is 0 Å². The van der Waals surface area contributed by atoms with Crippen molar-refractivity contribution in [1.82, 2.24) is 19.7 Å². The van der Waals surface area contributed by atoms with Crippen molar-refractivity contribution < 1.29 is 8.78 Å². The van der Waals surface area contributed by atoms with Gasteiger partial charge in [0.1, 0.15) is 5.82 Å². The Labute approximate surface area is 151 Å². The van der Waals surface area contributed by atoms with E-state index in [2.05, 4.69) is 41.2 Å². The van der Waals surface area contributed by atoms with Crippen molar-refractivity contribution >= 4 is 16.7 Å². The molecule has 2 heterocycles. The molecule has 3 rings (SSSR count). The number of nitrogens with zero attached hydrogens (tertiary/aromatic N) is 4. The molecule has 0 radical (unpaired) electrons. The number of rotatable bonds is 4. The van der Waals surface area contributed by atoms with Crippen molar-refractivity contribution in [3.05, 3.63) is 47.5 Å². The van der Waals surface area contributed by atoms with E-state index in [1.54, 1.807) is 12.1 Å². The van der Waals surface area contributed by atoms with Crippen molar-refractivity contribution in [3.63, 3.8) is 0 Å². The lowest BCUT2D eigenvalue weighted by Crippen LogP contribution is -2.22. The molecular weight excluding hydrogens is 336 g/mol. The molecule has 0 aliphatic rings. The van der Waals surface area contributed by atoms with E-state index < -0.39 is 12.2 Å². The van der Waals surface area contributed by atoms with Crippen LogP contribution in [0.25, 0.3) is 10.9 Å². The van der Waals surface area contributed by atoms with Gasteiger partial charge in [0.15, 0.2) is 5.82 Å². The van der Waals surface area contributed by atoms with E-state index in [-0.39, 0.29) is 11.6 Å². The molecule has 0 aliphatic heterocycles. The van der Waals surface area contributed by atoms with Crippen LogP contribution in [0.5, 0.6) is 0 Å². The smallest absolute Gasteiger partial charge is 0.297 e. The number of hydrogen-bond acceptors (Lipinski definition) is 4. The molecule has 0 amide bonds. The highest BCUT2D eigenvalue weighted by Gasteiger charge is 2.21. The van der Waals surface area contributed by atoms with Gasteiger partial charge in [-0.3, -0.25) is 4.68 Å². The van der Waals surface area contributed by atoms with Gasteiger partial charge in [-0.1, -0.05) is 12.1 Å². The summed E-state index contributed by atoms with van der Waals surface area (Å²) in [5, 5.41) is 8.55. The lowest BCUT2D eigenvalue weighted by molar-refractivity contribution is 0.141. The molecule has 1 atom stereocenters. The Bertz CT molecular complexity index is 927. The minimum absolute atomic E-state index is 0.132. The van der Waals surface area contributed by atoms with Crippen LogP contribution >= 0.6 is 0 Å². The van der Waals surface area contributed by atoms with Gasteiger partial charge < -0.3 is 5.32 Å². The maximum atomic E-state index is 13.2. The molecule has 138 valence electrons. The molecule has 0 saturated carbocycles. The highest BCUT2D eigenvalue weighted by atomic mass is 19.3. The maximum Gasteiger partial charge on any atom is 0.297 e. The van der Waals surface area contributed by atoms with E-state index in [4.69, 9.17) is 0 Å². The molecule has 1 unspecified atom stereocenters. The third-order valence-electron chi connectivity index (χ3n) is 4.26. The van der Waals surface area contributed by atoms with Crippen LogP contribution < -0.4 is 5.32 Å². The standard InChI is InChI=1S/C19H23F2N5/c1-11(14-10-26(19(3,4)5)25-12(14)2)22-17-13-8-6-7-9-15(13)23-18(24-17)16(20)21/h6-11,16H,1-5H3,(H,22,23,24). The van der Waals surface area contributed by atoms with Gasteiger partial charge in [0.05, 0.1) is 22.8 Å². The highest BCUT2D eigenvalue weighted by Crippen LogP contribution is 2.29. The number of nitrogens with one attached hydrogen (secondary N) is 1. The Balaban J connectivity index is 1.99. The first kappa shape index (κ1) is 18.2. The average Bonchev–Trinajstić information content (AvgIpc) is 2.97. The van der Waals surface area contributed by atoms with Crippen molar-refractivity contribution in [2.45, 2.75) is 52.6 Å². The van der Waals surface area contributed by atoms with Gasteiger partial charge in [0.25, 0.3) is 6.43 Å². The first-order chi connectivity index (χ1) is 12.2. The Morgan fingerprint density at radius 2 is 1.81 bits per heavy atom. The second-order valence-electron chi connectivity index (χ2n) is 7.40. The predicted octanol–water partition coefficient (Wildman–Crippen LogP) is 5.00. The first-order valence-corrected chi connectivity index (χ1v) is 8.55. The fourth-order valence-electron chi connectivity index (χ4n) is 2.83. The molecule has 2 aromatic heterocycles. The Kier molecular flexibility index (Phi) is 4.64. The zero-order valence-corrected chi connectivity index (χ0v) is 15.6. The van der Waals surface area contributed by atoms with Crippen LogP contribution in [0.2, 0.25) is 0 Å². The first-order valence-electron chi connectivity index (χ1n) is 8.55. The summed E-state index contributed by atoms with van der Waals surface area (Å²) in [6.07, 6.45) is -0.731. The largest absolute Gasteiger partial charge is 0.363 e. The number of hydrogen-bond donors (Lipinski definition) is 1.